The van der Waals surface area contributed by atoms with Crippen LogP contribution in [0.2, 0.25) is 0 Å². The van der Waals surface area contributed by atoms with Gasteiger partial charge in [0.25, 0.3) is 0 Å². The number of hydrogen-bond acceptors (Lipinski definition) is 2. The van der Waals surface area contributed by atoms with Crippen LogP contribution in [0.3, 0.4) is 0 Å². The van der Waals surface area contributed by atoms with Crippen molar-refractivity contribution in [3.8, 4) is 0 Å². The van der Waals surface area contributed by atoms with Crippen LogP contribution in [0.5, 0.6) is 0 Å². The molecule has 0 spiro atoms. The molecule has 0 saturated carbocycles. The fraction of sp³-hybridized carbons (Fsp3) is 0.154. The van der Waals surface area contributed by atoms with Gasteiger partial charge in [-0.05, 0) is 34.5 Å². The van der Waals surface area contributed by atoms with E-state index in [-0.39, 0.29) is 11.4 Å². The van der Waals surface area contributed by atoms with Crippen LogP contribution in [0, 0.1) is 11.6 Å². The summed E-state index contributed by atoms with van der Waals surface area (Å²) in [6.07, 6.45) is 0. The number of nitrogens with zero attached hydrogens (tertiary/aromatic N) is 2. The Morgan fingerprint density at radius 3 is 2.79 bits per heavy atom. The highest BCUT2D eigenvalue weighted by Crippen LogP contribution is 2.24. The summed E-state index contributed by atoms with van der Waals surface area (Å²) in [6.45, 7) is 0.433. The zero-order valence-electron chi connectivity index (χ0n) is 9.74. The van der Waals surface area contributed by atoms with E-state index in [2.05, 4.69) is 4.98 Å². The highest BCUT2D eigenvalue weighted by atomic mass is 35.5. The lowest BCUT2D eigenvalue weighted by Gasteiger charge is -2.07. The Morgan fingerprint density at radius 1 is 1.26 bits per heavy atom. The number of benzene rings is 1. The first-order chi connectivity index (χ1) is 9.20. The number of hydrogen-bond donors (Lipinski definition) is 0. The molecular formula is C13H9ClF2N2S. The van der Waals surface area contributed by atoms with E-state index in [9.17, 15) is 8.78 Å². The molecule has 2 heterocycles. The Hall–Kier alpha value is -1.46. The highest BCUT2D eigenvalue weighted by molar-refractivity contribution is 7.07. The zero-order valence-corrected chi connectivity index (χ0v) is 11.3. The van der Waals surface area contributed by atoms with Crippen molar-refractivity contribution < 1.29 is 8.78 Å². The summed E-state index contributed by atoms with van der Waals surface area (Å²) in [5.74, 6) is -1.07. The average molecular weight is 299 g/mol. The highest BCUT2D eigenvalue weighted by Gasteiger charge is 2.17. The number of halogens is 3. The lowest BCUT2D eigenvalue weighted by atomic mass is 10.2. The molecule has 0 aliphatic rings. The van der Waals surface area contributed by atoms with Crippen molar-refractivity contribution in [1.29, 1.82) is 0 Å². The maximum Gasteiger partial charge on any atom is 0.184 e. The van der Waals surface area contributed by atoms with E-state index in [1.54, 1.807) is 15.9 Å². The lowest BCUT2D eigenvalue weighted by molar-refractivity contribution is 0.512. The van der Waals surface area contributed by atoms with E-state index in [4.69, 9.17) is 11.6 Å². The first kappa shape index (κ1) is 12.6. The van der Waals surface area contributed by atoms with Gasteiger partial charge >= 0.3 is 0 Å². The Kier molecular flexibility index (Phi) is 3.24. The first-order valence-corrected chi connectivity index (χ1v) is 7.08. The molecule has 0 aliphatic heterocycles. The van der Waals surface area contributed by atoms with E-state index >= 15 is 0 Å². The van der Waals surface area contributed by atoms with Crippen molar-refractivity contribution >= 4 is 34.0 Å². The van der Waals surface area contributed by atoms with E-state index in [0.29, 0.717) is 17.9 Å². The second kappa shape index (κ2) is 4.90. The third kappa shape index (κ3) is 2.13. The standard InChI is InChI=1S/C13H9ClF2N2S/c14-5-11-17-10-2-1-9(15)12(16)13(10)18(11)6-8-3-4-19-7-8/h1-4,7H,5-6H2. The minimum absolute atomic E-state index is 0.153. The molecule has 2 aromatic heterocycles. The second-order valence-corrected chi connectivity index (χ2v) is 5.16. The summed E-state index contributed by atoms with van der Waals surface area (Å²) in [6, 6.07) is 4.48. The van der Waals surface area contributed by atoms with Crippen LogP contribution in [0.4, 0.5) is 8.78 Å². The van der Waals surface area contributed by atoms with Crippen LogP contribution >= 0.6 is 22.9 Å². The van der Waals surface area contributed by atoms with Gasteiger partial charge in [0.2, 0.25) is 0 Å². The van der Waals surface area contributed by atoms with Crippen molar-refractivity contribution in [2.45, 2.75) is 12.4 Å². The smallest absolute Gasteiger partial charge is 0.184 e. The number of aromatic nitrogens is 2. The van der Waals surface area contributed by atoms with Crippen molar-refractivity contribution in [2.75, 3.05) is 0 Å². The molecule has 1 aromatic carbocycles. The monoisotopic (exact) mass is 298 g/mol. The van der Waals surface area contributed by atoms with Gasteiger partial charge < -0.3 is 4.57 Å². The van der Waals surface area contributed by atoms with Crippen molar-refractivity contribution in [1.82, 2.24) is 9.55 Å². The molecule has 0 aliphatic carbocycles. The molecule has 0 atom stereocenters. The number of fused-ring (bicyclic) bond motifs is 1. The maximum absolute atomic E-state index is 14.0. The van der Waals surface area contributed by atoms with E-state index in [1.165, 1.54) is 6.07 Å². The predicted octanol–water partition coefficient (Wildman–Crippen LogP) is 4.16. The van der Waals surface area contributed by atoms with Gasteiger partial charge in [-0.15, -0.1) is 11.6 Å². The third-order valence-electron chi connectivity index (χ3n) is 2.92. The summed E-state index contributed by atoms with van der Waals surface area (Å²) in [5, 5.41) is 3.90. The van der Waals surface area contributed by atoms with Gasteiger partial charge in [-0.25, -0.2) is 13.8 Å². The van der Waals surface area contributed by atoms with Crippen LogP contribution < -0.4 is 0 Å². The fourth-order valence-electron chi connectivity index (χ4n) is 2.04. The Labute approximate surface area is 117 Å². The summed E-state index contributed by atoms with van der Waals surface area (Å²) in [7, 11) is 0. The second-order valence-electron chi connectivity index (χ2n) is 4.11. The Bertz CT molecular complexity index is 722. The molecule has 3 rings (SSSR count). The Morgan fingerprint density at radius 2 is 2.11 bits per heavy atom. The van der Waals surface area contributed by atoms with Gasteiger partial charge in [-0.2, -0.15) is 11.3 Å². The number of thiophene rings is 1. The number of rotatable bonds is 3. The van der Waals surface area contributed by atoms with E-state index < -0.39 is 11.6 Å². The molecule has 3 aromatic rings. The topological polar surface area (TPSA) is 17.8 Å². The van der Waals surface area contributed by atoms with Gasteiger partial charge in [-0.1, -0.05) is 0 Å². The lowest BCUT2D eigenvalue weighted by Crippen LogP contribution is -2.04. The van der Waals surface area contributed by atoms with Crippen LogP contribution in [0.25, 0.3) is 11.0 Å². The van der Waals surface area contributed by atoms with Crippen LogP contribution in [0.15, 0.2) is 29.0 Å². The van der Waals surface area contributed by atoms with Crippen LogP contribution in [0.1, 0.15) is 11.4 Å². The molecule has 98 valence electrons. The molecular weight excluding hydrogens is 290 g/mol. The molecule has 2 nitrogen and oxygen atoms in total. The minimum atomic E-state index is -0.878. The Balaban J connectivity index is 2.22. The fourth-order valence-corrected chi connectivity index (χ4v) is 2.91. The maximum atomic E-state index is 14.0. The van der Waals surface area contributed by atoms with Crippen LogP contribution in [-0.2, 0) is 12.4 Å². The number of imidazole rings is 1. The summed E-state index contributed by atoms with van der Waals surface area (Å²) in [4.78, 5) is 4.24. The van der Waals surface area contributed by atoms with Crippen molar-refractivity contribution in [3.63, 3.8) is 0 Å². The molecule has 0 amide bonds. The minimum Gasteiger partial charge on any atom is -0.320 e. The van der Waals surface area contributed by atoms with Crippen molar-refractivity contribution in [3.05, 3.63) is 52.0 Å². The van der Waals surface area contributed by atoms with Gasteiger partial charge in [0.05, 0.1) is 17.9 Å². The molecule has 0 radical (unpaired) electrons. The molecule has 0 saturated heterocycles. The van der Waals surface area contributed by atoms with E-state index in [0.717, 1.165) is 11.6 Å². The van der Waals surface area contributed by atoms with Gasteiger partial charge in [0.1, 0.15) is 11.3 Å². The quantitative estimate of drug-likeness (QED) is 0.664. The van der Waals surface area contributed by atoms with Gasteiger partial charge in [0, 0.05) is 0 Å². The summed E-state index contributed by atoms with van der Waals surface area (Å²) >= 11 is 7.39. The molecule has 0 N–H and O–H groups in total. The molecule has 0 unspecified atom stereocenters. The predicted molar refractivity (Wildman–Crippen MR) is 72.6 cm³/mol. The normalized spacial score (nSPS) is 11.3. The largest absolute Gasteiger partial charge is 0.320 e. The van der Waals surface area contributed by atoms with E-state index in [1.807, 2.05) is 16.8 Å². The van der Waals surface area contributed by atoms with Gasteiger partial charge in [-0.3, -0.25) is 0 Å². The summed E-state index contributed by atoms with van der Waals surface area (Å²) in [5.41, 5.74) is 1.60. The SMILES string of the molecule is Fc1ccc2nc(CCl)n(Cc3ccsc3)c2c1F. The molecule has 19 heavy (non-hydrogen) atoms. The third-order valence-corrected chi connectivity index (χ3v) is 3.89. The summed E-state index contributed by atoms with van der Waals surface area (Å²) < 4.78 is 29.0. The molecule has 6 heteroatoms. The molecule has 0 fully saturated rings. The molecule has 0 bridgehead atoms. The van der Waals surface area contributed by atoms with Crippen molar-refractivity contribution in [2.24, 2.45) is 0 Å². The van der Waals surface area contributed by atoms with Crippen LogP contribution in [-0.4, -0.2) is 9.55 Å². The average Bonchev–Trinajstić information content (AvgIpc) is 3.02. The number of alkyl halides is 1. The first-order valence-electron chi connectivity index (χ1n) is 5.61. The van der Waals surface area contributed by atoms with Gasteiger partial charge in [0.15, 0.2) is 11.6 Å². The zero-order chi connectivity index (χ0) is 13.4.